The van der Waals surface area contributed by atoms with Gasteiger partial charge in [0.1, 0.15) is 5.69 Å². The van der Waals surface area contributed by atoms with Crippen molar-refractivity contribution >= 4 is 27.8 Å². The normalized spacial score (nSPS) is 22.7. The van der Waals surface area contributed by atoms with Crippen LogP contribution < -0.4 is 4.90 Å². The first-order valence-corrected chi connectivity index (χ1v) is 10.1. The number of hydrogen-bond acceptors (Lipinski definition) is 6. The zero-order valence-electron chi connectivity index (χ0n) is 14.2. The van der Waals surface area contributed by atoms with E-state index in [1.165, 1.54) is 0 Å². The molecule has 1 aromatic heterocycles. The summed E-state index contributed by atoms with van der Waals surface area (Å²) >= 11 is 0. The predicted molar refractivity (Wildman–Crippen MR) is 93.2 cm³/mol. The third-order valence-corrected chi connectivity index (χ3v) is 6.63. The molecule has 0 N–H and O–H groups in total. The fourth-order valence-electron chi connectivity index (χ4n) is 3.24. The maximum absolute atomic E-state index is 12.6. The van der Waals surface area contributed by atoms with E-state index in [0.717, 1.165) is 12.1 Å². The number of carbonyl (C=O) groups excluding carboxylic acids is 2. The summed E-state index contributed by atoms with van der Waals surface area (Å²) < 4.78 is 23.4. The quantitative estimate of drug-likeness (QED) is 0.675. The van der Waals surface area contributed by atoms with Crippen molar-refractivity contribution in [1.29, 1.82) is 0 Å². The molecule has 136 valence electrons. The van der Waals surface area contributed by atoms with Gasteiger partial charge in [-0.15, -0.1) is 0 Å². The fraction of sp³-hybridized carbons (Fsp3) is 0.562. The minimum Gasteiger partial charge on any atom is -0.370 e. The minimum atomic E-state index is -2.97. The summed E-state index contributed by atoms with van der Waals surface area (Å²) in [5.41, 5.74) is 1.12. The molecule has 8 nitrogen and oxygen atoms in total. The molecule has 0 bridgehead atoms. The van der Waals surface area contributed by atoms with Crippen molar-refractivity contribution in [2.24, 2.45) is 0 Å². The van der Waals surface area contributed by atoms with Crippen molar-refractivity contribution in [3.8, 4) is 0 Å². The predicted octanol–water partition coefficient (Wildman–Crippen LogP) is -0.381. The summed E-state index contributed by atoms with van der Waals surface area (Å²) in [5, 5.41) is 0. The average molecular weight is 366 g/mol. The molecule has 9 heteroatoms. The monoisotopic (exact) mass is 366 g/mol. The number of anilines is 1. The highest BCUT2D eigenvalue weighted by molar-refractivity contribution is 7.91. The Labute approximate surface area is 147 Å². The summed E-state index contributed by atoms with van der Waals surface area (Å²) in [6.45, 7) is 2.02. The van der Waals surface area contributed by atoms with Crippen molar-refractivity contribution < 1.29 is 18.0 Å². The number of pyridine rings is 1. The van der Waals surface area contributed by atoms with Gasteiger partial charge in [0.25, 0.3) is 5.91 Å². The van der Waals surface area contributed by atoms with E-state index in [4.69, 9.17) is 0 Å². The first-order chi connectivity index (χ1) is 11.9. The molecule has 1 atom stereocenters. The Morgan fingerprint density at radius 1 is 1.32 bits per heavy atom. The summed E-state index contributed by atoms with van der Waals surface area (Å²) in [5.74, 6) is 0.183. The Bertz CT molecular complexity index is 759. The highest BCUT2D eigenvalue weighted by Crippen LogP contribution is 2.23. The van der Waals surface area contributed by atoms with Gasteiger partial charge in [-0.05, 0) is 18.6 Å². The van der Waals surface area contributed by atoms with Crippen LogP contribution in [0.2, 0.25) is 0 Å². The van der Waals surface area contributed by atoms with Crippen molar-refractivity contribution in [3.05, 3.63) is 24.0 Å². The SMILES string of the molecule is CN(c1ccnc(C(=O)N2CCN(C=O)CC2)c1)C1CCS(=O)(=O)C1. The molecule has 0 aromatic carbocycles. The molecule has 0 spiro atoms. The molecule has 2 fully saturated rings. The van der Waals surface area contributed by atoms with Crippen molar-refractivity contribution in [2.45, 2.75) is 12.5 Å². The summed E-state index contributed by atoms with van der Waals surface area (Å²) in [4.78, 5) is 32.8. The number of hydrogen-bond donors (Lipinski definition) is 0. The molecule has 2 aliphatic rings. The van der Waals surface area contributed by atoms with Crippen molar-refractivity contribution in [3.63, 3.8) is 0 Å². The van der Waals surface area contributed by atoms with Gasteiger partial charge < -0.3 is 14.7 Å². The molecular weight excluding hydrogens is 344 g/mol. The van der Waals surface area contributed by atoms with Crippen LogP contribution >= 0.6 is 0 Å². The summed E-state index contributed by atoms with van der Waals surface area (Å²) in [6.07, 6.45) is 2.97. The van der Waals surface area contributed by atoms with Gasteiger partial charge in [-0.3, -0.25) is 14.6 Å². The highest BCUT2D eigenvalue weighted by atomic mass is 32.2. The molecule has 2 aliphatic heterocycles. The van der Waals surface area contributed by atoms with Crippen LogP contribution in [0.15, 0.2) is 18.3 Å². The number of piperazine rings is 1. The molecule has 2 amide bonds. The molecular formula is C16H22N4O4S. The molecule has 1 aromatic rings. The van der Waals surface area contributed by atoms with Crippen LogP contribution in [0.3, 0.4) is 0 Å². The molecule has 1 unspecified atom stereocenters. The number of rotatable bonds is 4. The van der Waals surface area contributed by atoms with E-state index < -0.39 is 9.84 Å². The second-order valence-electron chi connectivity index (χ2n) is 6.50. The third-order valence-electron chi connectivity index (χ3n) is 4.88. The maximum atomic E-state index is 12.6. The van der Waals surface area contributed by atoms with Gasteiger partial charge in [0.05, 0.1) is 11.5 Å². The second kappa shape index (κ2) is 6.99. The highest BCUT2D eigenvalue weighted by Gasteiger charge is 2.31. The van der Waals surface area contributed by atoms with Crippen LogP contribution in [-0.2, 0) is 14.6 Å². The third kappa shape index (κ3) is 3.92. The van der Waals surface area contributed by atoms with E-state index in [0.29, 0.717) is 38.3 Å². The summed E-state index contributed by atoms with van der Waals surface area (Å²) in [6, 6.07) is 3.41. The van der Waals surface area contributed by atoms with Gasteiger partial charge in [-0.1, -0.05) is 0 Å². The molecule has 0 saturated carbocycles. The van der Waals surface area contributed by atoms with E-state index in [1.807, 2.05) is 11.9 Å². The smallest absolute Gasteiger partial charge is 0.272 e. The Hall–Kier alpha value is -2.16. The largest absolute Gasteiger partial charge is 0.370 e. The van der Waals surface area contributed by atoms with E-state index in [1.54, 1.807) is 28.1 Å². The Balaban J connectivity index is 1.71. The number of amides is 2. The van der Waals surface area contributed by atoms with Crippen LogP contribution in [0.1, 0.15) is 16.9 Å². The first-order valence-electron chi connectivity index (χ1n) is 8.27. The summed E-state index contributed by atoms with van der Waals surface area (Å²) in [7, 11) is -1.12. The lowest BCUT2D eigenvalue weighted by atomic mass is 10.2. The zero-order chi connectivity index (χ0) is 18.0. The Kier molecular flexibility index (Phi) is 4.94. The number of sulfone groups is 1. The van der Waals surface area contributed by atoms with Crippen LogP contribution in [0.5, 0.6) is 0 Å². The standard InChI is InChI=1S/C16H22N4O4S/c1-18(14-3-9-25(23,24)11-14)13-2-4-17-15(10-13)16(22)20-7-5-19(12-21)6-8-20/h2,4,10,12,14H,3,5-9,11H2,1H3. The topological polar surface area (TPSA) is 90.9 Å². The maximum Gasteiger partial charge on any atom is 0.272 e. The fourth-order valence-corrected chi connectivity index (χ4v) is 5.01. The minimum absolute atomic E-state index is 0.0773. The van der Waals surface area contributed by atoms with Gasteiger partial charge >= 0.3 is 0 Å². The average Bonchev–Trinajstić information content (AvgIpc) is 3.00. The van der Waals surface area contributed by atoms with Gasteiger partial charge in [0, 0.05) is 51.2 Å². The van der Waals surface area contributed by atoms with E-state index >= 15 is 0 Å². The van der Waals surface area contributed by atoms with E-state index in [-0.39, 0.29) is 23.5 Å². The van der Waals surface area contributed by atoms with Gasteiger partial charge in [-0.25, -0.2) is 8.42 Å². The lowest BCUT2D eigenvalue weighted by Crippen LogP contribution is -2.48. The van der Waals surface area contributed by atoms with Crippen LogP contribution in [0.25, 0.3) is 0 Å². The molecule has 3 heterocycles. The number of carbonyl (C=O) groups is 2. The molecule has 2 saturated heterocycles. The van der Waals surface area contributed by atoms with E-state index in [9.17, 15) is 18.0 Å². The molecule has 0 radical (unpaired) electrons. The lowest BCUT2D eigenvalue weighted by molar-refractivity contribution is -0.119. The molecule has 0 aliphatic carbocycles. The molecule has 3 rings (SSSR count). The van der Waals surface area contributed by atoms with Crippen molar-refractivity contribution in [2.75, 3.05) is 49.6 Å². The van der Waals surface area contributed by atoms with Crippen LogP contribution in [0, 0.1) is 0 Å². The van der Waals surface area contributed by atoms with Gasteiger partial charge in [0.2, 0.25) is 6.41 Å². The van der Waals surface area contributed by atoms with Gasteiger partial charge in [-0.2, -0.15) is 0 Å². The lowest BCUT2D eigenvalue weighted by Gasteiger charge is -2.32. The first kappa shape index (κ1) is 17.7. The van der Waals surface area contributed by atoms with E-state index in [2.05, 4.69) is 4.98 Å². The zero-order valence-corrected chi connectivity index (χ0v) is 15.0. The number of nitrogens with zero attached hydrogens (tertiary/aromatic N) is 4. The number of aromatic nitrogens is 1. The Morgan fingerprint density at radius 2 is 2.04 bits per heavy atom. The van der Waals surface area contributed by atoms with Crippen LogP contribution in [-0.4, -0.2) is 86.3 Å². The second-order valence-corrected chi connectivity index (χ2v) is 8.73. The van der Waals surface area contributed by atoms with Gasteiger partial charge in [0.15, 0.2) is 9.84 Å². The van der Waals surface area contributed by atoms with Crippen LogP contribution in [0.4, 0.5) is 5.69 Å². The molecule has 25 heavy (non-hydrogen) atoms. The Morgan fingerprint density at radius 3 is 2.64 bits per heavy atom. The van der Waals surface area contributed by atoms with Crippen molar-refractivity contribution in [1.82, 2.24) is 14.8 Å².